The second-order valence-electron chi connectivity index (χ2n) is 6.01. The van der Waals surface area contributed by atoms with Gasteiger partial charge in [-0.25, -0.2) is 0 Å². The van der Waals surface area contributed by atoms with Gasteiger partial charge in [-0.05, 0) is 64.3 Å². The largest absolute Gasteiger partial charge is 0.378 e. The quantitative estimate of drug-likeness (QED) is 0.899. The van der Waals surface area contributed by atoms with Crippen molar-refractivity contribution in [3.05, 3.63) is 34.4 Å². The molecule has 0 radical (unpaired) electrons. The average Bonchev–Trinajstić information content (AvgIpc) is 2.75. The van der Waals surface area contributed by atoms with Crippen LogP contribution in [-0.4, -0.2) is 25.8 Å². The van der Waals surface area contributed by atoms with E-state index in [-0.39, 0.29) is 0 Å². The van der Waals surface area contributed by atoms with Crippen LogP contribution in [0.3, 0.4) is 0 Å². The minimum Gasteiger partial charge on any atom is -0.378 e. The lowest BCUT2D eigenvalue weighted by atomic mass is 9.86. The van der Waals surface area contributed by atoms with Crippen LogP contribution in [0.25, 0.3) is 0 Å². The summed E-state index contributed by atoms with van der Waals surface area (Å²) in [6.07, 6.45) is 2.66. The molecule has 1 aliphatic heterocycles. The zero-order valence-electron chi connectivity index (χ0n) is 12.9. The minimum atomic E-state index is 0.378. The Morgan fingerprint density at radius 2 is 1.89 bits per heavy atom. The Kier molecular flexibility index (Phi) is 4.64. The Balaban J connectivity index is 2.19. The standard InChI is InChI=1S/C17H27NO/c1-11-8-12(2)16(13(3)9-11)10-17(18-5)15-6-7-19-14(15)4/h8-9,14-15,17-18H,6-7,10H2,1-5H3. The summed E-state index contributed by atoms with van der Waals surface area (Å²) in [6.45, 7) is 9.76. The van der Waals surface area contributed by atoms with Gasteiger partial charge in [0.15, 0.2) is 0 Å². The van der Waals surface area contributed by atoms with Crippen LogP contribution < -0.4 is 5.32 Å². The van der Waals surface area contributed by atoms with E-state index in [9.17, 15) is 0 Å². The van der Waals surface area contributed by atoms with E-state index in [0.29, 0.717) is 18.1 Å². The van der Waals surface area contributed by atoms with Gasteiger partial charge in [-0.3, -0.25) is 0 Å². The number of hydrogen-bond donors (Lipinski definition) is 1. The molecule has 1 aliphatic rings. The minimum absolute atomic E-state index is 0.378. The van der Waals surface area contributed by atoms with Crippen molar-refractivity contribution < 1.29 is 4.74 Å². The van der Waals surface area contributed by atoms with E-state index in [1.54, 1.807) is 0 Å². The third-order valence-corrected chi connectivity index (χ3v) is 4.59. The number of ether oxygens (including phenoxy) is 1. The molecule has 1 heterocycles. The number of likely N-dealkylation sites (N-methyl/N-ethyl adjacent to an activating group) is 1. The fourth-order valence-corrected chi connectivity index (χ4v) is 3.50. The van der Waals surface area contributed by atoms with Crippen molar-refractivity contribution in [1.82, 2.24) is 5.32 Å². The molecule has 0 bridgehead atoms. The van der Waals surface area contributed by atoms with E-state index in [2.05, 4.69) is 52.2 Å². The van der Waals surface area contributed by atoms with Crippen molar-refractivity contribution in [2.24, 2.45) is 5.92 Å². The first-order chi connectivity index (χ1) is 9.02. The normalized spacial score (nSPS) is 24.7. The molecule has 2 heteroatoms. The Hall–Kier alpha value is -0.860. The smallest absolute Gasteiger partial charge is 0.0590 e. The zero-order chi connectivity index (χ0) is 14.0. The molecule has 1 N–H and O–H groups in total. The summed E-state index contributed by atoms with van der Waals surface area (Å²) in [5.74, 6) is 0.630. The predicted molar refractivity (Wildman–Crippen MR) is 80.7 cm³/mol. The monoisotopic (exact) mass is 261 g/mol. The van der Waals surface area contributed by atoms with Gasteiger partial charge in [0.05, 0.1) is 6.10 Å². The second-order valence-corrected chi connectivity index (χ2v) is 6.01. The summed E-state index contributed by atoms with van der Waals surface area (Å²) >= 11 is 0. The molecule has 0 aliphatic carbocycles. The van der Waals surface area contributed by atoms with Crippen molar-refractivity contribution in [3.63, 3.8) is 0 Å². The molecule has 0 aromatic heterocycles. The van der Waals surface area contributed by atoms with Gasteiger partial charge in [-0.1, -0.05) is 17.7 Å². The molecule has 1 aromatic carbocycles. The highest BCUT2D eigenvalue weighted by Gasteiger charge is 2.31. The molecule has 1 saturated heterocycles. The van der Waals surface area contributed by atoms with Gasteiger partial charge in [0, 0.05) is 18.6 Å². The van der Waals surface area contributed by atoms with Crippen LogP contribution in [0, 0.1) is 26.7 Å². The molecule has 0 amide bonds. The number of benzene rings is 1. The molecular weight excluding hydrogens is 234 g/mol. The summed E-state index contributed by atoms with van der Waals surface area (Å²) < 4.78 is 5.73. The van der Waals surface area contributed by atoms with E-state index in [1.807, 2.05) is 0 Å². The number of rotatable bonds is 4. The van der Waals surface area contributed by atoms with Crippen molar-refractivity contribution in [1.29, 1.82) is 0 Å². The molecule has 1 fully saturated rings. The van der Waals surface area contributed by atoms with Gasteiger partial charge in [0.2, 0.25) is 0 Å². The molecule has 3 unspecified atom stereocenters. The lowest BCUT2D eigenvalue weighted by molar-refractivity contribution is 0.0962. The summed E-state index contributed by atoms with van der Waals surface area (Å²) in [6, 6.07) is 5.10. The SMILES string of the molecule is CNC(Cc1c(C)cc(C)cc1C)C1CCOC1C. The third-order valence-electron chi connectivity index (χ3n) is 4.59. The highest BCUT2D eigenvalue weighted by molar-refractivity contribution is 5.38. The number of hydrogen-bond acceptors (Lipinski definition) is 2. The van der Waals surface area contributed by atoms with Crippen LogP contribution in [0.1, 0.15) is 35.6 Å². The maximum absolute atomic E-state index is 5.73. The highest BCUT2D eigenvalue weighted by atomic mass is 16.5. The summed E-state index contributed by atoms with van der Waals surface area (Å²) in [5, 5.41) is 3.51. The first-order valence-corrected chi connectivity index (χ1v) is 7.38. The molecule has 3 atom stereocenters. The van der Waals surface area contributed by atoms with Crippen LogP contribution >= 0.6 is 0 Å². The van der Waals surface area contributed by atoms with Crippen LogP contribution in [0.15, 0.2) is 12.1 Å². The van der Waals surface area contributed by atoms with Crippen molar-refractivity contribution in [2.45, 2.75) is 52.7 Å². The molecule has 0 saturated carbocycles. The highest BCUT2D eigenvalue weighted by Crippen LogP contribution is 2.27. The third kappa shape index (κ3) is 3.18. The molecule has 19 heavy (non-hydrogen) atoms. The fourth-order valence-electron chi connectivity index (χ4n) is 3.50. The Morgan fingerprint density at radius 3 is 2.37 bits per heavy atom. The molecular formula is C17H27NO. The maximum Gasteiger partial charge on any atom is 0.0590 e. The maximum atomic E-state index is 5.73. The van der Waals surface area contributed by atoms with Gasteiger partial charge < -0.3 is 10.1 Å². The summed E-state index contributed by atoms with van der Waals surface area (Å²) in [4.78, 5) is 0. The molecule has 106 valence electrons. The van der Waals surface area contributed by atoms with Gasteiger partial charge >= 0.3 is 0 Å². The van der Waals surface area contributed by atoms with Crippen LogP contribution in [0.5, 0.6) is 0 Å². The fraction of sp³-hybridized carbons (Fsp3) is 0.647. The zero-order valence-corrected chi connectivity index (χ0v) is 12.9. The first-order valence-electron chi connectivity index (χ1n) is 7.38. The van der Waals surface area contributed by atoms with Gasteiger partial charge in [-0.15, -0.1) is 0 Å². The van der Waals surface area contributed by atoms with E-state index in [0.717, 1.165) is 13.0 Å². The lowest BCUT2D eigenvalue weighted by Crippen LogP contribution is -2.39. The number of aryl methyl sites for hydroxylation is 3. The van der Waals surface area contributed by atoms with Crippen molar-refractivity contribution in [2.75, 3.05) is 13.7 Å². The van der Waals surface area contributed by atoms with Crippen LogP contribution in [0.2, 0.25) is 0 Å². The van der Waals surface area contributed by atoms with E-state index in [4.69, 9.17) is 4.74 Å². The first kappa shape index (κ1) is 14.5. The molecule has 1 aromatic rings. The number of nitrogens with one attached hydrogen (secondary N) is 1. The van der Waals surface area contributed by atoms with Gasteiger partial charge in [0.1, 0.15) is 0 Å². The van der Waals surface area contributed by atoms with Gasteiger partial charge in [-0.2, -0.15) is 0 Å². The van der Waals surface area contributed by atoms with Crippen LogP contribution in [-0.2, 0) is 11.2 Å². The summed E-state index contributed by atoms with van der Waals surface area (Å²) in [7, 11) is 2.08. The Bertz CT molecular complexity index is 418. The predicted octanol–water partition coefficient (Wildman–Crippen LogP) is 3.17. The summed E-state index contributed by atoms with van der Waals surface area (Å²) in [5.41, 5.74) is 5.70. The Morgan fingerprint density at radius 1 is 1.26 bits per heavy atom. The Labute approximate surface area is 117 Å². The lowest BCUT2D eigenvalue weighted by Gasteiger charge is -2.27. The van der Waals surface area contributed by atoms with Gasteiger partial charge in [0.25, 0.3) is 0 Å². The topological polar surface area (TPSA) is 21.3 Å². The van der Waals surface area contributed by atoms with E-state index >= 15 is 0 Å². The molecule has 0 spiro atoms. The molecule has 2 rings (SSSR count). The van der Waals surface area contributed by atoms with E-state index < -0.39 is 0 Å². The van der Waals surface area contributed by atoms with Crippen molar-refractivity contribution >= 4 is 0 Å². The van der Waals surface area contributed by atoms with Crippen molar-refractivity contribution in [3.8, 4) is 0 Å². The van der Waals surface area contributed by atoms with Crippen LogP contribution in [0.4, 0.5) is 0 Å². The average molecular weight is 261 g/mol. The second kappa shape index (κ2) is 6.06. The van der Waals surface area contributed by atoms with E-state index in [1.165, 1.54) is 28.7 Å². The molecule has 2 nitrogen and oxygen atoms in total.